The van der Waals surface area contributed by atoms with Crippen LogP contribution in [0.15, 0.2) is 70.2 Å². The lowest BCUT2D eigenvalue weighted by Gasteiger charge is -2.10. The third-order valence-electron chi connectivity index (χ3n) is 4.44. The van der Waals surface area contributed by atoms with Gasteiger partial charge < -0.3 is 15.4 Å². The van der Waals surface area contributed by atoms with Crippen molar-refractivity contribution in [2.24, 2.45) is 5.10 Å². The Hall–Kier alpha value is -3.40. The predicted molar refractivity (Wildman–Crippen MR) is 140 cm³/mol. The van der Waals surface area contributed by atoms with Gasteiger partial charge in [0.2, 0.25) is 0 Å². The topological polar surface area (TPSA) is 109 Å². The van der Waals surface area contributed by atoms with Crippen LogP contribution in [0.2, 0.25) is 10.0 Å². The maximum absolute atomic E-state index is 12.2. The van der Waals surface area contributed by atoms with Crippen molar-refractivity contribution in [3.8, 4) is 5.75 Å². The molecule has 0 radical (unpaired) electrons. The number of aryl methyl sites for hydroxylation is 1. The van der Waals surface area contributed by atoms with Crippen molar-refractivity contribution < 1.29 is 19.1 Å². The highest BCUT2D eigenvalue weighted by atomic mass is 79.9. The van der Waals surface area contributed by atoms with E-state index < -0.39 is 11.8 Å². The number of hydrogen-bond acceptors (Lipinski definition) is 5. The van der Waals surface area contributed by atoms with E-state index in [0.717, 1.165) is 10.0 Å². The van der Waals surface area contributed by atoms with Gasteiger partial charge in [-0.1, -0.05) is 62.9 Å². The summed E-state index contributed by atoms with van der Waals surface area (Å²) in [6.45, 7) is 1.71. The number of amides is 3. The van der Waals surface area contributed by atoms with Crippen LogP contribution in [-0.2, 0) is 14.4 Å². The summed E-state index contributed by atoms with van der Waals surface area (Å²) in [5.41, 5.74) is 4.51. The second-order valence-electron chi connectivity index (χ2n) is 7.14. The van der Waals surface area contributed by atoms with Gasteiger partial charge in [0.05, 0.1) is 21.9 Å². The normalized spacial score (nSPS) is 10.6. The van der Waals surface area contributed by atoms with E-state index in [1.807, 2.05) is 19.1 Å². The van der Waals surface area contributed by atoms with E-state index in [9.17, 15) is 14.4 Å². The zero-order chi connectivity index (χ0) is 25.4. The molecule has 0 fully saturated rings. The van der Waals surface area contributed by atoms with Crippen LogP contribution >= 0.6 is 39.1 Å². The van der Waals surface area contributed by atoms with Gasteiger partial charge >= 0.3 is 11.8 Å². The molecule has 0 saturated carbocycles. The maximum Gasteiger partial charge on any atom is 0.329 e. The molecule has 0 unspecified atom stereocenters. The van der Waals surface area contributed by atoms with Crippen molar-refractivity contribution in [3.05, 3.63) is 86.3 Å². The standard InChI is InChI=1S/C24H19BrCl2N4O4/c1-14-5-8-17(9-6-14)29-21(32)13-35-20-10-7-16(25)11-15(20)12-28-31-24(34)23(33)30-19-4-2-3-18(26)22(19)27/h2-12H,13H2,1H3,(H,29,32)(H,30,33)(H,31,34)/b28-12-. The van der Waals surface area contributed by atoms with Gasteiger partial charge in [-0.3, -0.25) is 14.4 Å². The molecule has 0 heterocycles. The Bertz CT molecular complexity index is 1280. The number of nitrogens with one attached hydrogen (secondary N) is 3. The second kappa shape index (κ2) is 12.3. The summed E-state index contributed by atoms with van der Waals surface area (Å²) in [5, 5.41) is 9.25. The molecule has 8 nitrogen and oxygen atoms in total. The molecule has 3 amide bonds. The van der Waals surface area contributed by atoms with Crippen LogP contribution in [0.5, 0.6) is 5.75 Å². The molecule has 3 aromatic rings. The Morgan fingerprint density at radius 2 is 1.74 bits per heavy atom. The van der Waals surface area contributed by atoms with E-state index in [0.29, 0.717) is 17.0 Å². The molecular formula is C24H19BrCl2N4O4. The van der Waals surface area contributed by atoms with E-state index in [-0.39, 0.29) is 28.2 Å². The highest BCUT2D eigenvalue weighted by Crippen LogP contribution is 2.29. The molecule has 180 valence electrons. The summed E-state index contributed by atoms with van der Waals surface area (Å²) in [7, 11) is 0. The molecule has 0 aliphatic heterocycles. The molecule has 11 heteroatoms. The van der Waals surface area contributed by atoms with Gasteiger partial charge in [0.1, 0.15) is 5.75 Å². The molecule has 0 atom stereocenters. The number of ether oxygens (including phenoxy) is 1. The quantitative estimate of drug-likeness (QED) is 0.204. The number of anilines is 2. The fraction of sp³-hybridized carbons (Fsp3) is 0.0833. The number of hydrogen-bond donors (Lipinski definition) is 3. The van der Waals surface area contributed by atoms with Crippen molar-refractivity contribution in [3.63, 3.8) is 0 Å². The summed E-state index contributed by atoms with van der Waals surface area (Å²) in [6.07, 6.45) is 1.29. The minimum atomic E-state index is -1.02. The first kappa shape index (κ1) is 26.2. The Balaban J connectivity index is 1.58. The molecular weight excluding hydrogens is 559 g/mol. The van der Waals surface area contributed by atoms with Crippen LogP contribution in [-0.4, -0.2) is 30.5 Å². The van der Waals surface area contributed by atoms with Gasteiger partial charge in [0.25, 0.3) is 5.91 Å². The average Bonchev–Trinajstić information content (AvgIpc) is 2.83. The lowest BCUT2D eigenvalue weighted by molar-refractivity contribution is -0.136. The number of rotatable bonds is 7. The van der Waals surface area contributed by atoms with E-state index in [2.05, 4.69) is 37.1 Å². The smallest absolute Gasteiger partial charge is 0.329 e. The number of benzene rings is 3. The monoisotopic (exact) mass is 576 g/mol. The van der Waals surface area contributed by atoms with Gasteiger partial charge in [-0.05, 0) is 49.4 Å². The van der Waals surface area contributed by atoms with Gasteiger partial charge in [-0.25, -0.2) is 5.43 Å². The van der Waals surface area contributed by atoms with Gasteiger partial charge in [-0.15, -0.1) is 0 Å². The molecule has 0 aromatic heterocycles. The van der Waals surface area contributed by atoms with Gasteiger partial charge in [-0.2, -0.15) is 5.10 Å². The van der Waals surface area contributed by atoms with Crippen molar-refractivity contribution in [1.29, 1.82) is 0 Å². The lowest BCUT2D eigenvalue weighted by atomic mass is 10.2. The first-order chi connectivity index (χ1) is 16.7. The van der Waals surface area contributed by atoms with E-state index in [1.54, 1.807) is 42.5 Å². The largest absolute Gasteiger partial charge is 0.483 e. The van der Waals surface area contributed by atoms with E-state index in [1.165, 1.54) is 12.3 Å². The fourth-order valence-electron chi connectivity index (χ4n) is 2.72. The Labute approximate surface area is 219 Å². The molecule has 3 rings (SSSR count). The minimum Gasteiger partial charge on any atom is -0.483 e. The summed E-state index contributed by atoms with van der Waals surface area (Å²) < 4.78 is 6.33. The molecule has 35 heavy (non-hydrogen) atoms. The molecule has 0 aliphatic carbocycles. The predicted octanol–water partition coefficient (Wildman–Crippen LogP) is 5.17. The molecule has 3 N–H and O–H groups in total. The zero-order valence-electron chi connectivity index (χ0n) is 18.3. The summed E-state index contributed by atoms with van der Waals surface area (Å²) in [4.78, 5) is 36.4. The second-order valence-corrected chi connectivity index (χ2v) is 8.84. The van der Waals surface area contributed by atoms with Crippen molar-refractivity contribution in [2.45, 2.75) is 6.92 Å². The highest BCUT2D eigenvalue weighted by Gasteiger charge is 2.15. The van der Waals surface area contributed by atoms with Crippen molar-refractivity contribution in [2.75, 3.05) is 17.2 Å². The van der Waals surface area contributed by atoms with Crippen LogP contribution in [0.1, 0.15) is 11.1 Å². The first-order valence-corrected chi connectivity index (χ1v) is 11.6. The first-order valence-electron chi connectivity index (χ1n) is 10.1. The third-order valence-corrected chi connectivity index (χ3v) is 5.75. The van der Waals surface area contributed by atoms with Crippen LogP contribution in [0.25, 0.3) is 0 Å². The minimum absolute atomic E-state index is 0.112. The Kier molecular flexibility index (Phi) is 9.25. The van der Waals surface area contributed by atoms with Crippen molar-refractivity contribution in [1.82, 2.24) is 5.43 Å². The van der Waals surface area contributed by atoms with Gasteiger partial charge in [0, 0.05) is 15.7 Å². The fourth-order valence-corrected chi connectivity index (χ4v) is 3.45. The van der Waals surface area contributed by atoms with Crippen LogP contribution < -0.4 is 20.8 Å². The number of halogens is 3. The average molecular weight is 578 g/mol. The third kappa shape index (κ3) is 7.81. The number of carbonyl (C=O) groups excluding carboxylic acids is 3. The number of hydrazone groups is 1. The van der Waals surface area contributed by atoms with Gasteiger partial charge in [0.15, 0.2) is 6.61 Å². The van der Waals surface area contributed by atoms with Crippen LogP contribution in [0.4, 0.5) is 11.4 Å². The van der Waals surface area contributed by atoms with Crippen LogP contribution in [0, 0.1) is 6.92 Å². The summed E-state index contributed by atoms with van der Waals surface area (Å²) >= 11 is 15.3. The summed E-state index contributed by atoms with van der Waals surface area (Å²) in [5.74, 6) is -2.00. The van der Waals surface area contributed by atoms with E-state index in [4.69, 9.17) is 27.9 Å². The lowest BCUT2D eigenvalue weighted by Crippen LogP contribution is -2.32. The molecule has 3 aromatic carbocycles. The molecule has 0 aliphatic rings. The highest BCUT2D eigenvalue weighted by molar-refractivity contribution is 9.10. The Morgan fingerprint density at radius 3 is 2.49 bits per heavy atom. The van der Waals surface area contributed by atoms with Crippen LogP contribution in [0.3, 0.4) is 0 Å². The number of carbonyl (C=O) groups is 3. The Morgan fingerprint density at radius 1 is 1.00 bits per heavy atom. The molecule has 0 spiro atoms. The number of nitrogens with zero attached hydrogens (tertiary/aromatic N) is 1. The van der Waals surface area contributed by atoms with E-state index >= 15 is 0 Å². The maximum atomic E-state index is 12.2. The van der Waals surface area contributed by atoms with Crippen molar-refractivity contribution >= 4 is 74.4 Å². The summed E-state index contributed by atoms with van der Waals surface area (Å²) in [6, 6.07) is 17.0. The molecule has 0 bridgehead atoms. The zero-order valence-corrected chi connectivity index (χ0v) is 21.4. The molecule has 0 saturated heterocycles. The SMILES string of the molecule is Cc1ccc(NC(=O)COc2ccc(Br)cc2/C=N\NC(=O)C(=O)Nc2cccc(Cl)c2Cl)cc1.